The topological polar surface area (TPSA) is 91.4 Å². The van der Waals surface area contributed by atoms with Crippen molar-refractivity contribution in [2.24, 2.45) is 0 Å². The summed E-state index contributed by atoms with van der Waals surface area (Å²) in [5.41, 5.74) is 1.60. The third kappa shape index (κ3) is 4.11. The molecule has 0 aliphatic carbocycles. The molecule has 1 unspecified atom stereocenters. The number of nitrogens with one attached hydrogen (secondary N) is 2. The Balaban J connectivity index is 1.37. The van der Waals surface area contributed by atoms with Gasteiger partial charge in [0.2, 0.25) is 0 Å². The molecule has 0 saturated carbocycles. The van der Waals surface area contributed by atoms with Crippen LogP contribution in [0.1, 0.15) is 16.8 Å². The molecule has 1 saturated heterocycles. The standard InChI is InChI=1S/C22H19ClN4O3/c23-17-8-9-18(16-7-4-11-24-19(16)17)26-21(29)20(28)25-15-10-12-27(13-15)22(30)14-5-2-1-3-6-14/h1-9,11,15H,10,12-13H2,(H,25,28)(H,26,29). The molecule has 3 aromatic rings. The van der Waals surface area contributed by atoms with E-state index in [1.165, 1.54) is 0 Å². The third-order valence-corrected chi connectivity index (χ3v) is 5.31. The zero-order valence-corrected chi connectivity index (χ0v) is 16.7. The summed E-state index contributed by atoms with van der Waals surface area (Å²) >= 11 is 6.14. The number of carbonyl (C=O) groups excluding carboxylic acids is 3. The molecule has 3 amide bonds. The molecule has 0 bridgehead atoms. The van der Waals surface area contributed by atoms with Gasteiger partial charge in [-0.15, -0.1) is 0 Å². The average Bonchev–Trinajstić information content (AvgIpc) is 3.24. The number of likely N-dealkylation sites (tertiary alicyclic amines) is 1. The first-order valence-electron chi connectivity index (χ1n) is 9.52. The van der Waals surface area contributed by atoms with E-state index < -0.39 is 11.8 Å². The van der Waals surface area contributed by atoms with Gasteiger partial charge in [0.15, 0.2) is 0 Å². The van der Waals surface area contributed by atoms with E-state index in [1.807, 2.05) is 18.2 Å². The van der Waals surface area contributed by atoms with E-state index in [4.69, 9.17) is 11.6 Å². The van der Waals surface area contributed by atoms with Crippen molar-refractivity contribution in [3.05, 3.63) is 71.4 Å². The fourth-order valence-corrected chi connectivity index (χ4v) is 3.72. The fourth-order valence-electron chi connectivity index (χ4n) is 3.50. The number of fused-ring (bicyclic) bond motifs is 1. The molecule has 0 radical (unpaired) electrons. The highest BCUT2D eigenvalue weighted by molar-refractivity contribution is 6.41. The summed E-state index contributed by atoms with van der Waals surface area (Å²) in [5.74, 6) is -1.62. The molecular formula is C22H19ClN4O3. The summed E-state index contributed by atoms with van der Waals surface area (Å²) in [6.07, 6.45) is 2.19. The lowest BCUT2D eigenvalue weighted by molar-refractivity contribution is -0.136. The first kappa shape index (κ1) is 19.8. The Hall–Kier alpha value is -3.45. The molecule has 1 aromatic heterocycles. The summed E-state index contributed by atoms with van der Waals surface area (Å²) in [7, 11) is 0. The maximum absolute atomic E-state index is 12.5. The molecule has 152 valence electrons. The maximum atomic E-state index is 12.5. The van der Waals surface area contributed by atoms with Crippen molar-refractivity contribution >= 4 is 45.9 Å². The van der Waals surface area contributed by atoms with E-state index >= 15 is 0 Å². The number of carbonyl (C=O) groups is 3. The number of anilines is 1. The minimum atomic E-state index is -0.782. The van der Waals surface area contributed by atoms with Crippen LogP contribution in [0.15, 0.2) is 60.8 Å². The van der Waals surface area contributed by atoms with Crippen molar-refractivity contribution in [1.82, 2.24) is 15.2 Å². The molecule has 8 heteroatoms. The van der Waals surface area contributed by atoms with Crippen LogP contribution in [0.25, 0.3) is 10.9 Å². The average molecular weight is 423 g/mol. The van der Waals surface area contributed by atoms with Crippen molar-refractivity contribution < 1.29 is 14.4 Å². The predicted octanol–water partition coefficient (Wildman–Crippen LogP) is 2.86. The summed E-state index contributed by atoms with van der Waals surface area (Å²) in [5, 5.41) is 6.43. The number of halogens is 1. The molecule has 30 heavy (non-hydrogen) atoms. The fraction of sp³-hybridized carbons (Fsp3) is 0.182. The van der Waals surface area contributed by atoms with Gasteiger partial charge in [-0.1, -0.05) is 29.8 Å². The quantitative estimate of drug-likeness (QED) is 0.635. The molecular weight excluding hydrogens is 404 g/mol. The number of benzene rings is 2. The van der Waals surface area contributed by atoms with Crippen LogP contribution < -0.4 is 10.6 Å². The van der Waals surface area contributed by atoms with E-state index in [0.717, 1.165) is 0 Å². The normalized spacial score (nSPS) is 15.8. The van der Waals surface area contributed by atoms with Gasteiger partial charge in [-0.05, 0) is 42.8 Å². The lowest BCUT2D eigenvalue weighted by Gasteiger charge is -2.17. The zero-order chi connectivity index (χ0) is 21.1. The lowest BCUT2D eigenvalue weighted by atomic mass is 10.2. The molecule has 7 nitrogen and oxygen atoms in total. The SMILES string of the molecule is O=C(Nc1ccc(Cl)c2ncccc12)C(=O)NC1CCN(C(=O)c2ccccc2)C1. The van der Waals surface area contributed by atoms with Crippen molar-refractivity contribution in [1.29, 1.82) is 0 Å². The van der Waals surface area contributed by atoms with Gasteiger partial charge in [-0.3, -0.25) is 19.4 Å². The number of nitrogens with zero attached hydrogens (tertiary/aromatic N) is 2. The van der Waals surface area contributed by atoms with Crippen LogP contribution in [0.4, 0.5) is 5.69 Å². The Morgan fingerprint density at radius 2 is 1.80 bits per heavy atom. The summed E-state index contributed by atoms with van der Waals surface area (Å²) in [6.45, 7) is 0.883. The van der Waals surface area contributed by atoms with E-state index in [2.05, 4.69) is 15.6 Å². The van der Waals surface area contributed by atoms with Gasteiger partial charge in [-0.25, -0.2) is 0 Å². The molecule has 0 spiro atoms. The van der Waals surface area contributed by atoms with Crippen molar-refractivity contribution in [2.45, 2.75) is 12.5 Å². The Morgan fingerprint density at radius 1 is 1.00 bits per heavy atom. The summed E-state index contributed by atoms with van der Waals surface area (Å²) < 4.78 is 0. The number of hydrogen-bond donors (Lipinski definition) is 2. The summed E-state index contributed by atoms with van der Waals surface area (Å²) in [4.78, 5) is 43.2. The Kier molecular flexibility index (Phi) is 5.63. The molecule has 1 aliphatic heterocycles. The van der Waals surface area contributed by atoms with Crippen LogP contribution in [0.2, 0.25) is 5.02 Å². The Morgan fingerprint density at radius 3 is 2.60 bits per heavy atom. The summed E-state index contributed by atoms with van der Waals surface area (Å²) in [6, 6.07) is 15.5. The van der Waals surface area contributed by atoms with Crippen molar-refractivity contribution in [2.75, 3.05) is 18.4 Å². The van der Waals surface area contributed by atoms with Crippen LogP contribution in [0.3, 0.4) is 0 Å². The van der Waals surface area contributed by atoms with E-state index in [0.29, 0.717) is 46.7 Å². The van der Waals surface area contributed by atoms with Crippen LogP contribution >= 0.6 is 11.6 Å². The molecule has 2 N–H and O–H groups in total. The second-order valence-corrected chi connectivity index (χ2v) is 7.43. The van der Waals surface area contributed by atoms with Gasteiger partial charge >= 0.3 is 11.8 Å². The van der Waals surface area contributed by atoms with Crippen LogP contribution in [-0.4, -0.2) is 46.7 Å². The molecule has 2 heterocycles. The highest BCUT2D eigenvalue weighted by atomic mass is 35.5. The minimum Gasteiger partial charge on any atom is -0.343 e. The van der Waals surface area contributed by atoms with Crippen molar-refractivity contribution in [3.8, 4) is 0 Å². The number of amides is 3. The molecule has 4 rings (SSSR count). The van der Waals surface area contributed by atoms with Crippen LogP contribution in [-0.2, 0) is 9.59 Å². The maximum Gasteiger partial charge on any atom is 0.313 e. The van der Waals surface area contributed by atoms with Gasteiger partial charge in [0.1, 0.15) is 0 Å². The molecule has 1 fully saturated rings. The zero-order valence-electron chi connectivity index (χ0n) is 16.0. The first-order valence-corrected chi connectivity index (χ1v) is 9.90. The monoisotopic (exact) mass is 422 g/mol. The predicted molar refractivity (Wildman–Crippen MR) is 114 cm³/mol. The Bertz CT molecular complexity index is 1120. The number of hydrogen-bond acceptors (Lipinski definition) is 4. The Labute approximate surface area is 178 Å². The van der Waals surface area contributed by atoms with Crippen molar-refractivity contribution in [3.63, 3.8) is 0 Å². The van der Waals surface area contributed by atoms with Gasteiger partial charge in [-0.2, -0.15) is 0 Å². The van der Waals surface area contributed by atoms with Gasteiger partial charge < -0.3 is 15.5 Å². The lowest BCUT2D eigenvalue weighted by Crippen LogP contribution is -2.43. The van der Waals surface area contributed by atoms with E-state index in [-0.39, 0.29) is 11.9 Å². The van der Waals surface area contributed by atoms with Gasteiger partial charge in [0.05, 0.1) is 16.2 Å². The molecule has 1 atom stereocenters. The molecule has 1 aliphatic rings. The van der Waals surface area contributed by atoms with Crippen LogP contribution in [0.5, 0.6) is 0 Å². The smallest absolute Gasteiger partial charge is 0.313 e. The van der Waals surface area contributed by atoms with Gasteiger partial charge in [0.25, 0.3) is 5.91 Å². The largest absolute Gasteiger partial charge is 0.343 e. The number of pyridine rings is 1. The second kappa shape index (κ2) is 8.51. The van der Waals surface area contributed by atoms with E-state index in [1.54, 1.807) is 47.5 Å². The van der Waals surface area contributed by atoms with Crippen LogP contribution in [0, 0.1) is 0 Å². The van der Waals surface area contributed by atoms with E-state index in [9.17, 15) is 14.4 Å². The number of rotatable bonds is 3. The third-order valence-electron chi connectivity index (χ3n) is 5.01. The second-order valence-electron chi connectivity index (χ2n) is 7.02. The molecule has 2 aromatic carbocycles. The minimum absolute atomic E-state index is 0.0862. The number of aromatic nitrogens is 1. The van der Waals surface area contributed by atoms with Gasteiger partial charge in [0, 0.05) is 36.3 Å². The highest BCUT2D eigenvalue weighted by Crippen LogP contribution is 2.28. The highest BCUT2D eigenvalue weighted by Gasteiger charge is 2.29. The first-order chi connectivity index (χ1) is 14.5.